The first-order chi connectivity index (χ1) is 8.79. The number of fused-ring (bicyclic) bond motifs is 1. The first-order valence-electron chi connectivity index (χ1n) is 6.05. The van der Waals surface area contributed by atoms with E-state index in [4.69, 9.17) is 0 Å². The van der Waals surface area contributed by atoms with Gasteiger partial charge in [0, 0.05) is 24.3 Å². The van der Waals surface area contributed by atoms with Gasteiger partial charge in [-0.15, -0.1) is 0 Å². The van der Waals surface area contributed by atoms with Crippen LogP contribution in [-0.2, 0) is 0 Å². The molecule has 94 valence electrons. The molecule has 0 spiro atoms. The van der Waals surface area contributed by atoms with Gasteiger partial charge in [0.15, 0.2) is 0 Å². The number of unbranched alkanes of at least 4 members (excludes halogenated alkanes) is 1. The van der Waals surface area contributed by atoms with Crippen LogP contribution in [0.3, 0.4) is 0 Å². The molecule has 0 radical (unpaired) electrons. The SMILES string of the molecule is CCCCNC(=O)Nc1ccc2cnccc2n1. The lowest BCUT2D eigenvalue weighted by Gasteiger charge is -2.06. The van der Waals surface area contributed by atoms with Gasteiger partial charge in [-0.05, 0) is 24.6 Å². The molecule has 0 saturated heterocycles. The number of anilines is 1. The van der Waals surface area contributed by atoms with E-state index in [9.17, 15) is 4.79 Å². The topological polar surface area (TPSA) is 66.9 Å². The van der Waals surface area contributed by atoms with Crippen LogP contribution < -0.4 is 10.6 Å². The Bertz CT molecular complexity index is 541. The van der Waals surface area contributed by atoms with Crippen LogP contribution in [0.4, 0.5) is 10.6 Å². The lowest BCUT2D eigenvalue weighted by Crippen LogP contribution is -2.29. The van der Waals surface area contributed by atoms with Gasteiger partial charge in [0.25, 0.3) is 0 Å². The Morgan fingerprint density at radius 1 is 1.33 bits per heavy atom. The highest BCUT2D eigenvalue weighted by molar-refractivity contribution is 5.90. The summed E-state index contributed by atoms with van der Waals surface area (Å²) in [6.45, 7) is 2.76. The average Bonchev–Trinajstić information content (AvgIpc) is 2.39. The minimum absolute atomic E-state index is 0.218. The molecule has 2 aromatic rings. The van der Waals surface area contributed by atoms with Gasteiger partial charge in [-0.25, -0.2) is 9.78 Å². The Morgan fingerprint density at radius 3 is 3.06 bits per heavy atom. The summed E-state index contributed by atoms with van der Waals surface area (Å²) in [6.07, 6.45) is 5.46. The Morgan fingerprint density at radius 2 is 2.22 bits per heavy atom. The number of nitrogens with zero attached hydrogens (tertiary/aromatic N) is 2. The van der Waals surface area contributed by atoms with Crippen molar-refractivity contribution in [2.75, 3.05) is 11.9 Å². The first-order valence-corrected chi connectivity index (χ1v) is 6.05. The molecule has 5 heteroatoms. The molecule has 0 fully saturated rings. The quantitative estimate of drug-likeness (QED) is 0.812. The summed E-state index contributed by atoms with van der Waals surface area (Å²) in [4.78, 5) is 19.9. The summed E-state index contributed by atoms with van der Waals surface area (Å²) in [5.74, 6) is 0.544. The van der Waals surface area contributed by atoms with Crippen LogP contribution in [0.5, 0.6) is 0 Å². The van der Waals surface area contributed by atoms with E-state index >= 15 is 0 Å². The Hall–Kier alpha value is -2.17. The molecule has 0 aliphatic carbocycles. The number of hydrogen-bond donors (Lipinski definition) is 2. The molecule has 0 aromatic carbocycles. The number of carbonyl (C=O) groups is 1. The van der Waals surface area contributed by atoms with Gasteiger partial charge in [-0.1, -0.05) is 13.3 Å². The molecule has 2 N–H and O–H groups in total. The van der Waals surface area contributed by atoms with Crippen LogP contribution in [-0.4, -0.2) is 22.5 Å². The van der Waals surface area contributed by atoms with Gasteiger partial charge in [-0.3, -0.25) is 10.3 Å². The second kappa shape index (κ2) is 5.95. The number of hydrogen-bond acceptors (Lipinski definition) is 3. The molecule has 0 atom stereocenters. The first kappa shape index (κ1) is 12.3. The molecular formula is C13H16N4O. The molecule has 2 aromatic heterocycles. The third-order valence-electron chi connectivity index (χ3n) is 2.55. The minimum atomic E-state index is -0.218. The fourth-order valence-corrected chi connectivity index (χ4v) is 1.57. The molecule has 0 unspecified atom stereocenters. The van der Waals surface area contributed by atoms with E-state index in [0.717, 1.165) is 23.7 Å². The molecule has 2 heterocycles. The molecule has 0 aliphatic rings. The molecule has 0 aliphatic heterocycles. The zero-order valence-corrected chi connectivity index (χ0v) is 10.3. The molecule has 0 saturated carbocycles. The lowest BCUT2D eigenvalue weighted by atomic mass is 10.3. The maximum atomic E-state index is 11.5. The number of urea groups is 1. The van der Waals surface area contributed by atoms with E-state index in [1.807, 2.05) is 12.1 Å². The Labute approximate surface area is 106 Å². The second-order valence-corrected chi connectivity index (χ2v) is 4.00. The van der Waals surface area contributed by atoms with Crippen molar-refractivity contribution in [3.63, 3.8) is 0 Å². The summed E-state index contributed by atoms with van der Waals surface area (Å²) >= 11 is 0. The molecular weight excluding hydrogens is 228 g/mol. The summed E-state index contributed by atoms with van der Waals surface area (Å²) in [5.41, 5.74) is 0.816. The average molecular weight is 244 g/mol. The molecule has 2 rings (SSSR count). The fraction of sp³-hybridized carbons (Fsp3) is 0.308. The summed E-state index contributed by atoms with van der Waals surface area (Å²) in [6, 6.07) is 5.25. The third-order valence-corrected chi connectivity index (χ3v) is 2.55. The fourth-order valence-electron chi connectivity index (χ4n) is 1.57. The number of aromatic nitrogens is 2. The molecule has 0 bridgehead atoms. The Kier molecular flexibility index (Phi) is 4.06. The largest absolute Gasteiger partial charge is 0.338 e. The summed E-state index contributed by atoms with van der Waals surface area (Å²) in [5, 5.41) is 6.44. The van der Waals surface area contributed by atoms with Gasteiger partial charge < -0.3 is 5.32 Å². The monoisotopic (exact) mass is 244 g/mol. The number of carbonyl (C=O) groups excluding carboxylic acids is 1. The van der Waals surface area contributed by atoms with Crippen molar-refractivity contribution >= 4 is 22.8 Å². The van der Waals surface area contributed by atoms with Crippen LogP contribution in [0.2, 0.25) is 0 Å². The smallest absolute Gasteiger partial charge is 0.320 e. The maximum absolute atomic E-state index is 11.5. The van der Waals surface area contributed by atoms with Crippen LogP contribution in [0, 0.1) is 0 Å². The van der Waals surface area contributed by atoms with Crippen molar-refractivity contribution in [1.29, 1.82) is 0 Å². The van der Waals surface area contributed by atoms with E-state index in [2.05, 4.69) is 27.5 Å². The molecule has 2 amide bonds. The predicted molar refractivity (Wildman–Crippen MR) is 71.5 cm³/mol. The minimum Gasteiger partial charge on any atom is -0.338 e. The van der Waals surface area contributed by atoms with Gasteiger partial charge in [0.05, 0.1) is 5.52 Å². The summed E-state index contributed by atoms with van der Waals surface area (Å²) in [7, 11) is 0. The standard InChI is InChI=1S/C13H16N4O/c1-2-3-7-15-13(18)17-12-5-4-10-9-14-8-6-11(10)16-12/h4-6,8-9H,2-3,7H2,1H3,(H2,15,16,17,18). The number of amides is 2. The molecule has 18 heavy (non-hydrogen) atoms. The second-order valence-electron chi connectivity index (χ2n) is 4.00. The highest BCUT2D eigenvalue weighted by Crippen LogP contribution is 2.13. The van der Waals surface area contributed by atoms with Crippen molar-refractivity contribution in [3.05, 3.63) is 30.6 Å². The number of nitrogens with one attached hydrogen (secondary N) is 2. The normalized spacial score (nSPS) is 10.3. The lowest BCUT2D eigenvalue weighted by molar-refractivity contribution is 0.252. The van der Waals surface area contributed by atoms with Crippen LogP contribution in [0.15, 0.2) is 30.6 Å². The maximum Gasteiger partial charge on any atom is 0.320 e. The Balaban J connectivity index is 2.01. The van der Waals surface area contributed by atoms with Crippen molar-refractivity contribution in [3.8, 4) is 0 Å². The van der Waals surface area contributed by atoms with E-state index in [-0.39, 0.29) is 6.03 Å². The zero-order chi connectivity index (χ0) is 12.8. The highest BCUT2D eigenvalue weighted by atomic mass is 16.2. The van der Waals surface area contributed by atoms with E-state index in [0.29, 0.717) is 12.4 Å². The van der Waals surface area contributed by atoms with E-state index in [1.165, 1.54) is 0 Å². The van der Waals surface area contributed by atoms with Gasteiger partial charge in [0.2, 0.25) is 0 Å². The highest BCUT2D eigenvalue weighted by Gasteiger charge is 2.02. The van der Waals surface area contributed by atoms with Gasteiger partial charge >= 0.3 is 6.03 Å². The van der Waals surface area contributed by atoms with Crippen molar-refractivity contribution in [2.24, 2.45) is 0 Å². The van der Waals surface area contributed by atoms with Crippen LogP contribution in [0.1, 0.15) is 19.8 Å². The van der Waals surface area contributed by atoms with Crippen molar-refractivity contribution < 1.29 is 4.79 Å². The van der Waals surface area contributed by atoms with E-state index < -0.39 is 0 Å². The third kappa shape index (κ3) is 3.16. The van der Waals surface area contributed by atoms with Crippen molar-refractivity contribution in [1.82, 2.24) is 15.3 Å². The van der Waals surface area contributed by atoms with E-state index in [1.54, 1.807) is 18.5 Å². The predicted octanol–water partition coefficient (Wildman–Crippen LogP) is 2.55. The zero-order valence-electron chi connectivity index (χ0n) is 10.3. The van der Waals surface area contributed by atoms with Crippen LogP contribution >= 0.6 is 0 Å². The molecule has 5 nitrogen and oxygen atoms in total. The van der Waals surface area contributed by atoms with Gasteiger partial charge in [-0.2, -0.15) is 0 Å². The van der Waals surface area contributed by atoms with Gasteiger partial charge in [0.1, 0.15) is 5.82 Å². The van der Waals surface area contributed by atoms with Crippen molar-refractivity contribution in [2.45, 2.75) is 19.8 Å². The number of rotatable bonds is 4. The number of pyridine rings is 2. The van der Waals surface area contributed by atoms with Crippen LogP contribution in [0.25, 0.3) is 10.9 Å². The summed E-state index contributed by atoms with van der Waals surface area (Å²) < 4.78 is 0.